The highest BCUT2D eigenvalue weighted by molar-refractivity contribution is 5.83. The quantitative estimate of drug-likeness (QED) is 0.838. The van der Waals surface area contributed by atoms with Crippen LogP contribution >= 0.6 is 0 Å². The number of ether oxygens (including phenoxy) is 1. The number of hydrogen-bond acceptors (Lipinski definition) is 3. The lowest BCUT2D eigenvalue weighted by Gasteiger charge is -2.13. The van der Waals surface area contributed by atoms with Crippen molar-refractivity contribution >= 4 is 16.7 Å². The van der Waals surface area contributed by atoms with Gasteiger partial charge in [0, 0.05) is 6.54 Å². The van der Waals surface area contributed by atoms with Gasteiger partial charge in [-0.3, -0.25) is 0 Å². The van der Waals surface area contributed by atoms with E-state index >= 15 is 0 Å². The molecule has 1 atom stereocenters. The van der Waals surface area contributed by atoms with Gasteiger partial charge in [0.2, 0.25) is 6.10 Å². The molecule has 3 N–H and O–H groups in total. The van der Waals surface area contributed by atoms with Gasteiger partial charge in [0.15, 0.2) is 0 Å². The molecule has 0 aliphatic rings. The molecule has 0 heterocycles. The van der Waals surface area contributed by atoms with Crippen molar-refractivity contribution in [3.63, 3.8) is 0 Å². The molecule has 2 aromatic carbocycles. The van der Waals surface area contributed by atoms with Crippen LogP contribution < -0.4 is 10.5 Å². The Balaban J connectivity index is 2.27. The topological polar surface area (TPSA) is 72.5 Å². The first kappa shape index (κ1) is 11.4. The zero-order valence-corrected chi connectivity index (χ0v) is 9.17. The monoisotopic (exact) mass is 231 g/mol. The molecular weight excluding hydrogens is 218 g/mol. The Morgan fingerprint density at radius 1 is 1.24 bits per heavy atom. The second kappa shape index (κ2) is 4.84. The smallest absolute Gasteiger partial charge is 0.346 e. The Morgan fingerprint density at radius 2 is 1.94 bits per heavy atom. The molecule has 0 aliphatic carbocycles. The van der Waals surface area contributed by atoms with Gasteiger partial charge in [0.05, 0.1) is 0 Å². The van der Waals surface area contributed by atoms with Crippen molar-refractivity contribution in [1.29, 1.82) is 0 Å². The SMILES string of the molecule is NCC(Oc1ccc2ccccc2c1)C(=O)O. The summed E-state index contributed by atoms with van der Waals surface area (Å²) in [6, 6.07) is 13.2. The van der Waals surface area contributed by atoms with E-state index in [9.17, 15) is 4.79 Å². The standard InChI is InChI=1S/C13H13NO3/c14-8-12(13(15)16)17-11-6-5-9-3-1-2-4-10(9)7-11/h1-7,12H,8,14H2,(H,15,16). The molecular formula is C13H13NO3. The molecule has 1 unspecified atom stereocenters. The summed E-state index contributed by atoms with van der Waals surface area (Å²) in [5, 5.41) is 10.9. The molecule has 17 heavy (non-hydrogen) atoms. The maximum Gasteiger partial charge on any atom is 0.346 e. The Labute approximate surface area is 98.6 Å². The van der Waals surface area contributed by atoms with Crippen LogP contribution in [0.4, 0.5) is 0 Å². The minimum Gasteiger partial charge on any atom is -0.478 e. The fourth-order valence-corrected chi connectivity index (χ4v) is 1.60. The van der Waals surface area contributed by atoms with E-state index in [4.69, 9.17) is 15.6 Å². The molecule has 4 heteroatoms. The largest absolute Gasteiger partial charge is 0.478 e. The van der Waals surface area contributed by atoms with E-state index < -0.39 is 12.1 Å². The highest BCUT2D eigenvalue weighted by Crippen LogP contribution is 2.21. The lowest BCUT2D eigenvalue weighted by atomic mass is 10.1. The van der Waals surface area contributed by atoms with Crippen LogP contribution in [-0.4, -0.2) is 23.7 Å². The highest BCUT2D eigenvalue weighted by Gasteiger charge is 2.16. The average Bonchev–Trinajstić information content (AvgIpc) is 2.35. The Bertz CT molecular complexity index is 539. The lowest BCUT2D eigenvalue weighted by Crippen LogP contribution is -2.34. The van der Waals surface area contributed by atoms with Crippen LogP contribution in [0.2, 0.25) is 0 Å². The average molecular weight is 231 g/mol. The van der Waals surface area contributed by atoms with Crippen molar-refractivity contribution in [3.8, 4) is 5.75 Å². The molecule has 0 aromatic heterocycles. The van der Waals surface area contributed by atoms with Crippen LogP contribution in [0.25, 0.3) is 10.8 Å². The van der Waals surface area contributed by atoms with E-state index in [1.807, 2.05) is 30.3 Å². The number of carboxylic acids is 1. The number of aliphatic carboxylic acids is 1. The predicted octanol–water partition coefficient (Wildman–Crippen LogP) is 1.63. The van der Waals surface area contributed by atoms with Gasteiger partial charge in [-0.25, -0.2) is 4.79 Å². The molecule has 0 radical (unpaired) electrons. The predicted molar refractivity (Wildman–Crippen MR) is 65.1 cm³/mol. The van der Waals surface area contributed by atoms with E-state index in [1.54, 1.807) is 12.1 Å². The number of hydrogen-bond donors (Lipinski definition) is 2. The van der Waals surface area contributed by atoms with E-state index in [1.165, 1.54) is 0 Å². The highest BCUT2D eigenvalue weighted by atomic mass is 16.5. The van der Waals surface area contributed by atoms with Gasteiger partial charge in [-0.05, 0) is 22.9 Å². The number of carboxylic acid groups (broad SMARTS) is 1. The third kappa shape index (κ3) is 2.54. The van der Waals surface area contributed by atoms with Crippen molar-refractivity contribution in [3.05, 3.63) is 42.5 Å². The summed E-state index contributed by atoms with van der Waals surface area (Å²) in [6.07, 6.45) is -1.00. The first-order valence-corrected chi connectivity index (χ1v) is 5.29. The second-order valence-corrected chi connectivity index (χ2v) is 3.69. The summed E-state index contributed by atoms with van der Waals surface area (Å²) in [4.78, 5) is 10.8. The van der Waals surface area contributed by atoms with E-state index in [0.717, 1.165) is 10.8 Å². The van der Waals surface area contributed by atoms with Crippen LogP contribution in [0, 0.1) is 0 Å². The van der Waals surface area contributed by atoms with E-state index in [-0.39, 0.29) is 6.54 Å². The maximum absolute atomic E-state index is 10.8. The molecule has 0 aliphatic heterocycles. The molecule has 0 spiro atoms. The first-order chi connectivity index (χ1) is 8.20. The van der Waals surface area contributed by atoms with Gasteiger partial charge in [0.1, 0.15) is 5.75 Å². The van der Waals surface area contributed by atoms with Crippen LogP contribution in [0.1, 0.15) is 0 Å². The normalized spacial score (nSPS) is 12.3. The van der Waals surface area contributed by atoms with Crippen molar-refractivity contribution in [2.45, 2.75) is 6.10 Å². The number of fused-ring (bicyclic) bond motifs is 1. The van der Waals surface area contributed by atoms with E-state index in [0.29, 0.717) is 5.75 Å². The molecule has 88 valence electrons. The van der Waals surface area contributed by atoms with E-state index in [2.05, 4.69) is 0 Å². The zero-order chi connectivity index (χ0) is 12.3. The lowest BCUT2D eigenvalue weighted by molar-refractivity contribution is -0.144. The molecule has 0 saturated carbocycles. The number of benzene rings is 2. The molecule has 4 nitrogen and oxygen atoms in total. The number of nitrogens with two attached hydrogens (primary N) is 1. The molecule has 0 amide bonds. The van der Waals surface area contributed by atoms with Crippen LogP contribution in [0.5, 0.6) is 5.75 Å². The Morgan fingerprint density at radius 3 is 2.59 bits per heavy atom. The molecule has 0 bridgehead atoms. The van der Waals surface area contributed by atoms with Crippen molar-refractivity contribution < 1.29 is 14.6 Å². The summed E-state index contributed by atoms with van der Waals surface area (Å²) < 4.78 is 5.31. The molecule has 0 saturated heterocycles. The molecule has 2 rings (SSSR count). The van der Waals surface area contributed by atoms with Crippen molar-refractivity contribution in [1.82, 2.24) is 0 Å². The fraction of sp³-hybridized carbons (Fsp3) is 0.154. The van der Waals surface area contributed by atoms with Crippen LogP contribution in [0.15, 0.2) is 42.5 Å². The number of rotatable bonds is 4. The Kier molecular flexibility index (Phi) is 3.25. The van der Waals surface area contributed by atoms with Gasteiger partial charge in [-0.1, -0.05) is 30.3 Å². The zero-order valence-electron chi connectivity index (χ0n) is 9.17. The minimum atomic E-state index is -1.05. The van der Waals surface area contributed by atoms with Crippen molar-refractivity contribution in [2.75, 3.05) is 6.54 Å². The second-order valence-electron chi connectivity index (χ2n) is 3.69. The van der Waals surface area contributed by atoms with Gasteiger partial charge < -0.3 is 15.6 Å². The third-order valence-corrected chi connectivity index (χ3v) is 2.49. The first-order valence-electron chi connectivity index (χ1n) is 5.29. The van der Waals surface area contributed by atoms with Gasteiger partial charge >= 0.3 is 5.97 Å². The summed E-state index contributed by atoms with van der Waals surface area (Å²) in [7, 11) is 0. The summed E-state index contributed by atoms with van der Waals surface area (Å²) in [5.41, 5.74) is 5.33. The maximum atomic E-state index is 10.8. The van der Waals surface area contributed by atoms with Gasteiger partial charge in [0.25, 0.3) is 0 Å². The summed E-state index contributed by atoms with van der Waals surface area (Å²) in [5.74, 6) is -0.540. The fourth-order valence-electron chi connectivity index (χ4n) is 1.60. The van der Waals surface area contributed by atoms with Crippen LogP contribution in [-0.2, 0) is 4.79 Å². The van der Waals surface area contributed by atoms with Gasteiger partial charge in [-0.15, -0.1) is 0 Å². The molecule has 0 fully saturated rings. The van der Waals surface area contributed by atoms with Crippen LogP contribution in [0.3, 0.4) is 0 Å². The Hall–Kier alpha value is -2.07. The third-order valence-electron chi connectivity index (χ3n) is 2.49. The summed E-state index contributed by atoms with van der Waals surface area (Å²) in [6.45, 7) is -0.0534. The minimum absolute atomic E-state index is 0.0534. The molecule has 2 aromatic rings. The van der Waals surface area contributed by atoms with Crippen molar-refractivity contribution in [2.24, 2.45) is 5.73 Å². The van der Waals surface area contributed by atoms with Gasteiger partial charge in [-0.2, -0.15) is 0 Å². The summed E-state index contributed by atoms with van der Waals surface area (Å²) >= 11 is 0. The number of carbonyl (C=O) groups is 1.